The second kappa shape index (κ2) is 10.0. The van der Waals surface area contributed by atoms with E-state index in [9.17, 15) is 23.8 Å². The van der Waals surface area contributed by atoms with E-state index in [4.69, 9.17) is 0 Å². The van der Waals surface area contributed by atoms with Gasteiger partial charge in [0.05, 0.1) is 12.0 Å². The second-order valence-electron chi connectivity index (χ2n) is 8.37. The third-order valence-electron chi connectivity index (χ3n) is 6.36. The number of carbonyl (C=O) groups excluding carboxylic acids is 1. The van der Waals surface area contributed by atoms with Crippen molar-refractivity contribution >= 4 is 11.6 Å². The minimum absolute atomic E-state index is 0.113. The summed E-state index contributed by atoms with van der Waals surface area (Å²) < 4.78 is 26.8. The van der Waals surface area contributed by atoms with Gasteiger partial charge < -0.3 is 15.1 Å². The molecule has 1 amide bonds. The number of phenols is 1. The van der Waals surface area contributed by atoms with Crippen molar-refractivity contribution in [3.05, 3.63) is 113 Å². The van der Waals surface area contributed by atoms with Crippen molar-refractivity contribution in [1.82, 2.24) is 0 Å². The van der Waals surface area contributed by atoms with Crippen LogP contribution in [0.1, 0.15) is 35.9 Å². The number of amides is 1. The minimum Gasteiger partial charge on any atom is -0.508 e. The first-order chi connectivity index (χ1) is 16.4. The molecule has 6 heteroatoms. The van der Waals surface area contributed by atoms with Crippen LogP contribution in [-0.4, -0.2) is 22.7 Å². The molecule has 1 saturated heterocycles. The standard InChI is InChI=1S/C28H25F2NO3/c1-2-18(3-4-21(17-32)19-5-9-22(29)10-6-19)26-27(20-7-15-25(33)16-8-20)31(28(26)34)24-13-11-23(30)12-14-24/h5-16,21,26-27,32-33H,1,3-4,17H2. The first kappa shape index (κ1) is 23.4. The molecular formula is C28H25F2NO3. The minimum atomic E-state index is -0.528. The number of halogens is 2. The summed E-state index contributed by atoms with van der Waals surface area (Å²) in [6.45, 7) is 3.69. The van der Waals surface area contributed by atoms with Crippen LogP contribution in [0.4, 0.5) is 14.5 Å². The lowest BCUT2D eigenvalue weighted by molar-refractivity contribution is -0.128. The zero-order valence-corrected chi connectivity index (χ0v) is 18.5. The van der Waals surface area contributed by atoms with E-state index in [0.29, 0.717) is 24.1 Å². The molecule has 4 nitrogen and oxygen atoms in total. The topological polar surface area (TPSA) is 60.8 Å². The van der Waals surface area contributed by atoms with Crippen LogP contribution in [0.2, 0.25) is 0 Å². The van der Waals surface area contributed by atoms with Crippen LogP contribution < -0.4 is 4.90 Å². The molecule has 174 valence electrons. The highest BCUT2D eigenvalue weighted by Gasteiger charge is 2.50. The first-order valence-corrected chi connectivity index (χ1v) is 11.1. The van der Waals surface area contributed by atoms with E-state index < -0.39 is 11.7 Å². The van der Waals surface area contributed by atoms with Crippen molar-refractivity contribution in [3.8, 4) is 5.75 Å². The lowest BCUT2D eigenvalue weighted by atomic mass is 9.75. The number of aromatic hydroxyl groups is 1. The molecule has 2 N–H and O–H groups in total. The number of rotatable bonds is 8. The number of hydrogen-bond donors (Lipinski definition) is 2. The maximum atomic E-state index is 13.5. The molecule has 0 saturated carbocycles. The van der Waals surface area contributed by atoms with E-state index in [1.807, 2.05) is 0 Å². The molecule has 0 aromatic heterocycles. The lowest BCUT2D eigenvalue weighted by Crippen LogP contribution is -2.56. The summed E-state index contributed by atoms with van der Waals surface area (Å²) >= 11 is 0. The van der Waals surface area contributed by atoms with Crippen molar-refractivity contribution < 1.29 is 23.8 Å². The highest BCUT2D eigenvalue weighted by molar-refractivity contribution is 6.05. The van der Waals surface area contributed by atoms with Gasteiger partial charge in [-0.15, -0.1) is 5.73 Å². The molecule has 1 heterocycles. The van der Waals surface area contributed by atoms with E-state index in [1.54, 1.807) is 53.4 Å². The van der Waals surface area contributed by atoms with E-state index in [2.05, 4.69) is 12.3 Å². The van der Waals surface area contributed by atoms with Gasteiger partial charge in [-0.05, 0) is 78.1 Å². The summed E-state index contributed by atoms with van der Waals surface area (Å²) in [5.41, 5.74) is 5.85. The van der Waals surface area contributed by atoms with Crippen molar-refractivity contribution in [2.45, 2.75) is 24.8 Å². The van der Waals surface area contributed by atoms with Crippen LogP contribution in [0.25, 0.3) is 0 Å². The van der Waals surface area contributed by atoms with Gasteiger partial charge in [-0.2, -0.15) is 0 Å². The Morgan fingerprint density at radius 2 is 1.56 bits per heavy atom. The van der Waals surface area contributed by atoms with Crippen LogP contribution in [0.5, 0.6) is 5.75 Å². The smallest absolute Gasteiger partial charge is 0.237 e. The summed E-state index contributed by atoms with van der Waals surface area (Å²) in [5, 5.41) is 19.6. The summed E-state index contributed by atoms with van der Waals surface area (Å²) in [7, 11) is 0. The first-order valence-electron chi connectivity index (χ1n) is 11.1. The van der Waals surface area contributed by atoms with Crippen molar-refractivity contribution in [3.63, 3.8) is 0 Å². The van der Waals surface area contributed by atoms with E-state index in [-0.39, 0.29) is 36.0 Å². The maximum absolute atomic E-state index is 13.5. The number of nitrogens with zero attached hydrogens (tertiary/aromatic N) is 1. The number of aliphatic hydroxyl groups excluding tert-OH is 1. The van der Waals surface area contributed by atoms with Crippen LogP contribution in [0.15, 0.2) is 90.7 Å². The van der Waals surface area contributed by atoms with Crippen molar-refractivity contribution in [2.24, 2.45) is 5.92 Å². The molecule has 0 aliphatic carbocycles. The monoisotopic (exact) mass is 461 g/mol. The highest BCUT2D eigenvalue weighted by atomic mass is 19.1. The predicted octanol–water partition coefficient (Wildman–Crippen LogP) is 5.64. The Kier molecular flexibility index (Phi) is 6.92. The molecule has 0 bridgehead atoms. The van der Waals surface area contributed by atoms with E-state index >= 15 is 0 Å². The molecule has 0 spiro atoms. The van der Waals surface area contributed by atoms with Crippen molar-refractivity contribution in [1.29, 1.82) is 0 Å². The zero-order chi connectivity index (χ0) is 24.2. The summed E-state index contributed by atoms with van der Waals surface area (Å²) in [6, 6.07) is 18.0. The Balaban J connectivity index is 1.60. The molecule has 0 radical (unpaired) electrons. The van der Waals surface area contributed by atoms with Gasteiger partial charge in [-0.25, -0.2) is 8.78 Å². The van der Waals surface area contributed by atoms with Gasteiger partial charge in [-0.3, -0.25) is 4.79 Å². The van der Waals surface area contributed by atoms with Crippen LogP contribution >= 0.6 is 0 Å². The van der Waals surface area contributed by atoms with Gasteiger partial charge in [0, 0.05) is 18.2 Å². The fourth-order valence-electron chi connectivity index (χ4n) is 4.51. The van der Waals surface area contributed by atoms with Gasteiger partial charge in [0.2, 0.25) is 5.91 Å². The van der Waals surface area contributed by atoms with Crippen molar-refractivity contribution in [2.75, 3.05) is 11.5 Å². The number of aliphatic hydroxyl groups is 1. The Hall–Kier alpha value is -3.73. The molecule has 1 aliphatic rings. The Labute approximate surface area is 197 Å². The van der Waals surface area contributed by atoms with E-state index in [0.717, 1.165) is 11.1 Å². The Morgan fingerprint density at radius 3 is 2.12 bits per heavy atom. The summed E-state index contributed by atoms with van der Waals surface area (Å²) in [6.07, 6.45) is 0.997. The SMILES string of the molecule is C=C=C(CCC(CO)c1ccc(F)cc1)C1C(=O)N(c2ccc(F)cc2)C1c1ccc(O)cc1. The van der Waals surface area contributed by atoms with Gasteiger partial charge in [-0.1, -0.05) is 30.8 Å². The lowest BCUT2D eigenvalue weighted by Gasteiger charge is -2.48. The third-order valence-corrected chi connectivity index (χ3v) is 6.36. The maximum Gasteiger partial charge on any atom is 0.237 e. The Bertz CT molecular complexity index is 1200. The zero-order valence-electron chi connectivity index (χ0n) is 18.5. The number of carbonyl (C=O) groups is 1. The number of anilines is 1. The van der Waals surface area contributed by atoms with Gasteiger partial charge >= 0.3 is 0 Å². The number of benzene rings is 3. The molecule has 1 fully saturated rings. The molecular weight excluding hydrogens is 436 g/mol. The molecule has 1 aliphatic heterocycles. The molecule has 3 aromatic carbocycles. The summed E-state index contributed by atoms with van der Waals surface area (Å²) in [5.74, 6) is -1.53. The molecule has 3 atom stereocenters. The molecule has 3 aromatic rings. The van der Waals surface area contributed by atoms with Gasteiger partial charge in [0.25, 0.3) is 0 Å². The predicted molar refractivity (Wildman–Crippen MR) is 126 cm³/mol. The van der Waals surface area contributed by atoms with Crippen LogP contribution in [-0.2, 0) is 4.79 Å². The Morgan fingerprint density at radius 1 is 0.971 bits per heavy atom. The highest BCUT2D eigenvalue weighted by Crippen LogP contribution is 2.48. The summed E-state index contributed by atoms with van der Waals surface area (Å²) in [4.78, 5) is 14.9. The average Bonchev–Trinajstić information content (AvgIpc) is 2.84. The van der Waals surface area contributed by atoms with Gasteiger partial charge in [0.15, 0.2) is 0 Å². The fraction of sp³-hybridized carbons (Fsp3) is 0.214. The normalized spacial score (nSPS) is 18.2. The number of phenolic OH excluding ortho intramolecular Hbond substituents is 1. The largest absolute Gasteiger partial charge is 0.508 e. The van der Waals surface area contributed by atoms with E-state index in [1.165, 1.54) is 24.3 Å². The quantitative estimate of drug-likeness (QED) is 0.337. The third kappa shape index (κ3) is 4.65. The van der Waals surface area contributed by atoms with Gasteiger partial charge in [0.1, 0.15) is 17.4 Å². The average molecular weight is 462 g/mol. The number of β-lactam (4-membered cyclic amide) rings is 1. The van der Waals surface area contributed by atoms with Crippen LogP contribution in [0, 0.1) is 17.6 Å². The van der Waals surface area contributed by atoms with Crippen LogP contribution in [0.3, 0.4) is 0 Å². The molecule has 3 unspecified atom stereocenters. The molecule has 4 rings (SSSR count). The fourth-order valence-corrected chi connectivity index (χ4v) is 4.51. The second-order valence-corrected chi connectivity index (χ2v) is 8.37. The molecule has 34 heavy (non-hydrogen) atoms. The number of hydrogen-bond acceptors (Lipinski definition) is 3.